The molecule has 3 aromatic carbocycles. The molecule has 0 aliphatic rings. The Bertz CT molecular complexity index is 1140. The Morgan fingerprint density at radius 3 is 2.71 bits per heavy atom. The van der Waals surface area contributed by atoms with Crippen LogP contribution in [0.5, 0.6) is 0 Å². The van der Waals surface area contributed by atoms with Crippen molar-refractivity contribution < 1.29 is 4.79 Å². The van der Waals surface area contributed by atoms with Gasteiger partial charge in [-0.25, -0.2) is 4.98 Å². The molecule has 0 fully saturated rings. The molecule has 1 atom stereocenters. The van der Waals surface area contributed by atoms with Crippen LogP contribution >= 0.6 is 22.9 Å². The molecule has 140 valence electrons. The van der Waals surface area contributed by atoms with Gasteiger partial charge in [0, 0.05) is 16.0 Å². The second-order valence-electron chi connectivity index (χ2n) is 6.73. The number of carbonyl (C=O) groups excluding carboxylic acids is 1. The fraction of sp³-hybridized carbons (Fsp3) is 0.130. The van der Waals surface area contributed by atoms with Gasteiger partial charge in [0.25, 0.3) is 0 Å². The highest BCUT2D eigenvalue weighted by Gasteiger charge is 2.13. The Kier molecular flexibility index (Phi) is 5.42. The highest BCUT2D eigenvalue weighted by Crippen LogP contribution is 2.26. The maximum Gasteiger partial charge on any atom is 0.226 e. The van der Waals surface area contributed by atoms with E-state index in [4.69, 9.17) is 11.6 Å². The van der Waals surface area contributed by atoms with Gasteiger partial charge in [-0.2, -0.15) is 0 Å². The van der Waals surface area contributed by atoms with E-state index in [9.17, 15) is 4.79 Å². The lowest BCUT2D eigenvalue weighted by atomic mass is 10.0. The van der Waals surface area contributed by atoms with E-state index >= 15 is 0 Å². The summed E-state index contributed by atoms with van der Waals surface area (Å²) in [6, 6.07) is 22.0. The van der Waals surface area contributed by atoms with Gasteiger partial charge in [-0.05, 0) is 41.5 Å². The van der Waals surface area contributed by atoms with E-state index in [0.29, 0.717) is 5.02 Å². The molecule has 4 aromatic rings. The van der Waals surface area contributed by atoms with E-state index in [1.54, 1.807) is 0 Å². The first-order valence-electron chi connectivity index (χ1n) is 9.07. The fourth-order valence-electron chi connectivity index (χ4n) is 3.16. The molecule has 0 saturated heterocycles. The zero-order chi connectivity index (χ0) is 19.5. The third-order valence-corrected chi connectivity index (χ3v) is 5.79. The zero-order valence-electron chi connectivity index (χ0n) is 15.4. The molecule has 0 aliphatic heterocycles. The van der Waals surface area contributed by atoms with Gasteiger partial charge < -0.3 is 5.32 Å². The number of hydrogen-bond donors (Lipinski definition) is 1. The summed E-state index contributed by atoms with van der Waals surface area (Å²) in [6.07, 6.45) is 0.259. The third kappa shape index (κ3) is 4.24. The van der Waals surface area contributed by atoms with E-state index in [1.807, 2.05) is 48.7 Å². The molecule has 4 rings (SSSR count). The number of amides is 1. The summed E-state index contributed by atoms with van der Waals surface area (Å²) in [7, 11) is 0. The highest BCUT2D eigenvalue weighted by atomic mass is 35.5. The second-order valence-corrected chi connectivity index (χ2v) is 8.02. The zero-order valence-corrected chi connectivity index (χ0v) is 16.9. The number of nitrogens with one attached hydrogen (secondary N) is 1. The first kappa shape index (κ1) is 18.7. The lowest BCUT2D eigenvalue weighted by molar-refractivity contribution is -0.121. The molecule has 1 amide bonds. The minimum absolute atomic E-state index is 0.0383. The van der Waals surface area contributed by atoms with Crippen molar-refractivity contribution in [1.82, 2.24) is 10.3 Å². The van der Waals surface area contributed by atoms with Crippen molar-refractivity contribution in [3.05, 3.63) is 88.4 Å². The normalized spacial score (nSPS) is 12.1. The van der Waals surface area contributed by atoms with Crippen molar-refractivity contribution in [3.63, 3.8) is 0 Å². The molecule has 0 bridgehead atoms. The quantitative estimate of drug-likeness (QED) is 0.439. The summed E-state index contributed by atoms with van der Waals surface area (Å²) in [5.74, 6) is -0.0383. The van der Waals surface area contributed by atoms with Gasteiger partial charge in [-0.3, -0.25) is 4.79 Å². The predicted molar refractivity (Wildman–Crippen MR) is 117 cm³/mol. The molecule has 5 heteroatoms. The van der Waals surface area contributed by atoms with Crippen molar-refractivity contribution in [3.8, 4) is 10.6 Å². The lowest BCUT2D eigenvalue weighted by Crippen LogP contribution is -2.28. The molecule has 1 aromatic heterocycles. The summed E-state index contributed by atoms with van der Waals surface area (Å²) < 4.78 is 0. The third-order valence-electron chi connectivity index (χ3n) is 4.62. The molecule has 0 saturated carbocycles. The molecule has 1 N–H and O–H groups in total. The lowest BCUT2D eigenvalue weighted by Gasteiger charge is -2.14. The molecule has 0 aliphatic carbocycles. The van der Waals surface area contributed by atoms with E-state index in [-0.39, 0.29) is 18.4 Å². The SMILES string of the molecule is CC(NC(=O)Cc1csc(-c2cccc(Cl)c2)n1)c1ccc2ccccc2c1. The van der Waals surface area contributed by atoms with Gasteiger partial charge >= 0.3 is 0 Å². The van der Waals surface area contributed by atoms with Gasteiger partial charge in [0.1, 0.15) is 5.01 Å². The monoisotopic (exact) mass is 406 g/mol. The number of aromatic nitrogens is 1. The van der Waals surface area contributed by atoms with Crippen LogP contribution in [0, 0.1) is 0 Å². The molecule has 0 radical (unpaired) electrons. The minimum atomic E-state index is -0.0665. The Labute approximate surface area is 173 Å². The van der Waals surface area contributed by atoms with Gasteiger partial charge in [0.15, 0.2) is 0 Å². The van der Waals surface area contributed by atoms with Crippen LogP contribution in [0.1, 0.15) is 24.2 Å². The molecule has 28 heavy (non-hydrogen) atoms. The van der Waals surface area contributed by atoms with Crippen LogP contribution < -0.4 is 5.32 Å². The summed E-state index contributed by atoms with van der Waals surface area (Å²) in [5, 5.41) is 8.91. The number of nitrogens with zero attached hydrogens (tertiary/aromatic N) is 1. The maximum absolute atomic E-state index is 12.5. The first-order valence-corrected chi connectivity index (χ1v) is 10.3. The van der Waals surface area contributed by atoms with Crippen molar-refractivity contribution in [2.24, 2.45) is 0 Å². The Morgan fingerprint density at radius 2 is 1.89 bits per heavy atom. The number of thiazole rings is 1. The highest BCUT2D eigenvalue weighted by molar-refractivity contribution is 7.13. The Morgan fingerprint density at radius 1 is 1.07 bits per heavy atom. The number of carbonyl (C=O) groups is 1. The second kappa shape index (κ2) is 8.13. The van der Waals surface area contributed by atoms with E-state index in [2.05, 4.69) is 40.6 Å². The molecule has 0 spiro atoms. The molecule has 3 nitrogen and oxygen atoms in total. The largest absolute Gasteiger partial charge is 0.349 e. The van der Waals surface area contributed by atoms with Gasteiger partial charge in [-0.15, -0.1) is 11.3 Å². The van der Waals surface area contributed by atoms with E-state index in [0.717, 1.165) is 21.8 Å². The van der Waals surface area contributed by atoms with Crippen molar-refractivity contribution in [2.45, 2.75) is 19.4 Å². The standard InChI is InChI=1S/C23H19ClN2OS/c1-15(17-10-9-16-5-2-3-6-18(16)11-17)25-22(27)13-21-14-28-23(26-21)19-7-4-8-20(24)12-19/h2-12,14-15H,13H2,1H3,(H,25,27). The van der Waals surface area contributed by atoms with Crippen LogP contribution in [0.4, 0.5) is 0 Å². The van der Waals surface area contributed by atoms with Crippen molar-refractivity contribution in [1.29, 1.82) is 0 Å². The predicted octanol–water partition coefficient (Wildman–Crippen LogP) is 6.04. The maximum atomic E-state index is 12.5. The fourth-order valence-corrected chi connectivity index (χ4v) is 4.17. The Hall–Kier alpha value is -2.69. The van der Waals surface area contributed by atoms with Crippen LogP contribution in [-0.4, -0.2) is 10.9 Å². The number of rotatable bonds is 5. The Balaban J connectivity index is 1.42. The first-order chi connectivity index (χ1) is 13.6. The van der Waals surface area contributed by atoms with Crippen molar-refractivity contribution >= 4 is 39.6 Å². The minimum Gasteiger partial charge on any atom is -0.349 e. The summed E-state index contributed by atoms with van der Waals surface area (Å²) in [5.41, 5.74) is 2.82. The molecule has 1 heterocycles. The average molecular weight is 407 g/mol. The molecular formula is C23H19ClN2OS. The van der Waals surface area contributed by atoms with Gasteiger partial charge in [-0.1, -0.05) is 60.1 Å². The van der Waals surface area contributed by atoms with E-state index in [1.165, 1.54) is 22.1 Å². The summed E-state index contributed by atoms with van der Waals surface area (Å²) >= 11 is 7.57. The van der Waals surface area contributed by atoms with Crippen LogP contribution in [0.25, 0.3) is 21.3 Å². The number of halogens is 1. The number of hydrogen-bond acceptors (Lipinski definition) is 3. The van der Waals surface area contributed by atoms with Crippen molar-refractivity contribution in [2.75, 3.05) is 0 Å². The van der Waals surface area contributed by atoms with Crippen LogP contribution in [0.3, 0.4) is 0 Å². The van der Waals surface area contributed by atoms with Crippen LogP contribution in [-0.2, 0) is 11.2 Å². The van der Waals surface area contributed by atoms with Crippen LogP contribution in [0.2, 0.25) is 5.02 Å². The average Bonchev–Trinajstić information content (AvgIpc) is 3.16. The van der Waals surface area contributed by atoms with E-state index < -0.39 is 0 Å². The van der Waals surface area contributed by atoms with Crippen LogP contribution in [0.15, 0.2) is 72.1 Å². The number of benzene rings is 3. The molecule has 1 unspecified atom stereocenters. The summed E-state index contributed by atoms with van der Waals surface area (Å²) in [6.45, 7) is 2.00. The summed E-state index contributed by atoms with van der Waals surface area (Å²) in [4.78, 5) is 17.1. The van der Waals surface area contributed by atoms with Gasteiger partial charge in [0.05, 0.1) is 18.2 Å². The van der Waals surface area contributed by atoms with Gasteiger partial charge in [0.2, 0.25) is 5.91 Å². The number of fused-ring (bicyclic) bond motifs is 1. The molecular weight excluding hydrogens is 388 g/mol. The smallest absolute Gasteiger partial charge is 0.226 e. The topological polar surface area (TPSA) is 42.0 Å².